The number of fused-ring (bicyclic) bond motifs is 1. The van der Waals surface area contributed by atoms with Gasteiger partial charge in [0.1, 0.15) is 12.1 Å². The Balaban J connectivity index is 0.000000270. The highest BCUT2D eigenvalue weighted by atomic mass is 32.2. The van der Waals surface area contributed by atoms with E-state index in [-0.39, 0.29) is 4.90 Å². The standard InChI is InChI=1S/C19H12F3N5.C6H6O3S/c20-19(21,22)13-2-4-14(5-3-13)27-18-10-16(25-11-26-18)12-1-6-15-17(9-12)24-8-7-23-15;7-10(8,9)6-4-2-1-3-5-6/h1-11H,(H,25,26,27);1-5H,(H,7,8,9). The molecule has 0 amide bonds. The van der Waals surface area contributed by atoms with Gasteiger partial charge in [0.2, 0.25) is 0 Å². The summed E-state index contributed by atoms with van der Waals surface area (Å²) in [6.07, 6.45) is 0.269. The number of nitrogens with zero attached hydrogens (tertiary/aromatic N) is 4. The van der Waals surface area contributed by atoms with Crippen LogP contribution in [0.5, 0.6) is 0 Å². The van der Waals surface area contributed by atoms with E-state index in [9.17, 15) is 21.6 Å². The van der Waals surface area contributed by atoms with Crippen LogP contribution in [0.25, 0.3) is 22.3 Å². The van der Waals surface area contributed by atoms with Crippen LogP contribution in [-0.2, 0) is 16.3 Å². The van der Waals surface area contributed by atoms with Crippen molar-refractivity contribution in [3.8, 4) is 11.3 Å². The third kappa shape index (κ3) is 6.84. The molecule has 37 heavy (non-hydrogen) atoms. The van der Waals surface area contributed by atoms with Gasteiger partial charge in [-0.2, -0.15) is 21.6 Å². The highest BCUT2D eigenvalue weighted by molar-refractivity contribution is 7.85. The number of anilines is 2. The van der Waals surface area contributed by atoms with Gasteiger partial charge in [-0.1, -0.05) is 24.3 Å². The predicted octanol–water partition coefficient (Wildman–Crippen LogP) is 5.78. The number of benzene rings is 3. The van der Waals surface area contributed by atoms with Crippen molar-refractivity contribution >= 4 is 32.7 Å². The Kier molecular flexibility index (Phi) is 7.41. The molecule has 0 saturated carbocycles. The van der Waals surface area contributed by atoms with Crippen LogP contribution in [0.2, 0.25) is 0 Å². The minimum Gasteiger partial charge on any atom is -0.340 e. The van der Waals surface area contributed by atoms with E-state index in [1.807, 2.05) is 18.2 Å². The molecule has 5 aromatic rings. The van der Waals surface area contributed by atoms with E-state index >= 15 is 0 Å². The lowest BCUT2D eigenvalue weighted by atomic mass is 10.1. The second-order valence-corrected chi connectivity index (χ2v) is 8.96. The summed E-state index contributed by atoms with van der Waals surface area (Å²) in [5, 5.41) is 2.98. The van der Waals surface area contributed by atoms with Gasteiger partial charge in [-0.3, -0.25) is 14.5 Å². The minimum absolute atomic E-state index is 0.0741. The third-order valence-corrected chi connectivity index (χ3v) is 5.83. The molecule has 5 rings (SSSR count). The quantitative estimate of drug-likeness (QED) is 0.284. The first-order chi connectivity index (χ1) is 17.6. The van der Waals surface area contributed by atoms with Crippen LogP contribution in [0.3, 0.4) is 0 Å². The molecule has 0 saturated heterocycles. The molecule has 0 bridgehead atoms. The number of alkyl halides is 3. The van der Waals surface area contributed by atoms with E-state index in [0.29, 0.717) is 17.2 Å². The molecule has 188 valence electrons. The molecular weight excluding hydrogens is 507 g/mol. The molecule has 0 fully saturated rings. The van der Waals surface area contributed by atoms with Gasteiger partial charge in [0, 0.05) is 29.7 Å². The zero-order chi connectivity index (χ0) is 26.5. The number of rotatable bonds is 4. The van der Waals surface area contributed by atoms with E-state index < -0.39 is 21.9 Å². The van der Waals surface area contributed by atoms with E-state index in [1.54, 1.807) is 36.7 Å². The summed E-state index contributed by atoms with van der Waals surface area (Å²) < 4.78 is 67.2. The maximum Gasteiger partial charge on any atom is 0.416 e. The van der Waals surface area contributed by atoms with Gasteiger partial charge in [0.05, 0.1) is 27.2 Å². The largest absolute Gasteiger partial charge is 0.416 e. The smallest absolute Gasteiger partial charge is 0.340 e. The molecule has 0 aliphatic heterocycles. The van der Waals surface area contributed by atoms with Crippen molar-refractivity contribution in [1.29, 1.82) is 0 Å². The first-order valence-electron chi connectivity index (χ1n) is 10.6. The van der Waals surface area contributed by atoms with Crippen LogP contribution in [0.15, 0.2) is 102 Å². The Hall–Kier alpha value is -4.42. The molecular formula is C25H18F3N5O3S. The maximum absolute atomic E-state index is 12.6. The summed E-state index contributed by atoms with van der Waals surface area (Å²) in [6.45, 7) is 0. The Morgan fingerprint density at radius 1 is 0.757 bits per heavy atom. The molecule has 3 aromatic carbocycles. The topological polar surface area (TPSA) is 118 Å². The van der Waals surface area contributed by atoms with E-state index in [0.717, 1.165) is 28.7 Å². The Morgan fingerprint density at radius 3 is 2.05 bits per heavy atom. The van der Waals surface area contributed by atoms with Crippen molar-refractivity contribution in [2.75, 3.05) is 5.32 Å². The first-order valence-corrected chi connectivity index (χ1v) is 12.0. The molecule has 0 atom stereocenters. The normalized spacial score (nSPS) is 11.5. The molecule has 0 radical (unpaired) electrons. The molecule has 0 aliphatic carbocycles. The Morgan fingerprint density at radius 2 is 1.43 bits per heavy atom. The van der Waals surface area contributed by atoms with Crippen LogP contribution in [0.1, 0.15) is 5.56 Å². The number of nitrogens with one attached hydrogen (secondary N) is 1. The van der Waals surface area contributed by atoms with E-state index in [2.05, 4.69) is 25.3 Å². The van der Waals surface area contributed by atoms with Gasteiger partial charge in [-0.15, -0.1) is 0 Å². The van der Waals surface area contributed by atoms with E-state index in [4.69, 9.17) is 4.55 Å². The van der Waals surface area contributed by atoms with Crippen LogP contribution >= 0.6 is 0 Å². The third-order valence-electron chi connectivity index (χ3n) is 4.96. The highest BCUT2D eigenvalue weighted by Crippen LogP contribution is 2.30. The fourth-order valence-electron chi connectivity index (χ4n) is 3.19. The zero-order valence-corrected chi connectivity index (χ0v) is 19.6. The maximum atomic E-state index is 12.6. The first kappa shape index (κ1) is 25.7. The van der Waals surface area contributed by atoms with Gasteiger partial charge in [0.15, 0.2) is 0 Å². The SMILES string of the molecule is FC(F)(F)c1ccc(Nc2cc(-c3ccc4nccnc4c3)ncn2)cc1.O=S(=O)(O)c1ccccc1. The van der Waals surface area contributed by atoms with Crippen molar-refractivity contribution in [2.24, 2.45) is 0 Å². The van der Waals surface area contributed by atoms with Crippen molar-refractivity contribution in [1.82, 2.24) is 19.9 Å². The molecule has 12 heteroatoms. The lowest BCUT2D eigenvalue weighted by Crippen LogP contribution is -2.04. The molecule has 2 aromatic heterocycles. The van der Waals surface area contributed by atoms with Gasteiger partial charge < -0.3 is 5.32 Å². The number of aromatic nitrogens is 4. The van der Waals surface area contributed by atoms with Crippen molar-refractivity contribution in [3.63, 3.8) is 0 Å². The highest BCUT2D eigenvalue weighted by Gasteiger charge is 2.29. The van der Waals surface area contributed by atoms with E-state index in [1.165, 1.54) is 30.6 Å². The molecule has 2 heterocycles. The molecule has 2 N–H and O–H groups in total. The summed E-state index contributed by atoms with van der Waals surface area (Å²) in [4.78, 5) is 16.8. The molecule has 0 unspecified atom stereocenters. The summed E-state index contributed by atoms with van der Waals surface area (Å²) in [7, 11) is -4.00. The zero-order valence-electron chi connectivity index (χ0n) is 18.8. The van der Waals surface area contributed by atoms with Gasteiger partial charge >= 0.3 is 6.18 Å². The number of hydrogen-bond donors (Lipinski definition) is 2. The van der Waals surface area contributed by atoms with Crippen molar-refractivity contribution in [3.05, 3.63) is 103 Å². The summed E-state index contributed by atoms with van der Waals surface area (Å²) >= 11 is 0. The van der Waals surface area contributed by atoms with Crippen LogP contribution in [-0.4, -0.2) is 32.9 Å². The van der Waals surface area contributed by atoms with Crippen molar-refractivity contribution < 1.29 is 26.1 Å². The van der Waals surface area contributed by atoms with Gasteiger partial charge in [0.25, 0.3) is 10.1 Å². The Labute approximate surface area is 209 Å². The predicted molar refractivity (Wildman–Crippen MR) is 132 cm³/mol. The van der Waals surface area contributed by atoms with Crippen LogP contribution < -0.4 is 5.32 Å². The fourth-order valence-corrected chi connectivity index (χ4v) is 3.69. The monoisotopic (exact) mass is 525 g/mol. The number of halogens is 3. The average Bonchev–Trinajstić information content (AvgIpc) is 2.89. The molecule has 0 spiro atoms. The lowest BCUT2D eigenvalue weighted by molar-refractivity contribution is -0.137. The van der Waals surface area contributed by atoms with Gasteiger partial charge in [-0.05, 0) is 48.5 Å². The Bertz CT molecular complexity index is 1610. The van der Waals surface area contributed by atoms with Crippen LogP contribution in [0, 0.1) is 0 Å². The summed E-state index contributed by atoms with van der Waals surface area (Å²) in [6, 6.07) is 19.5. The summed E-state index contributed by atoms with van der Waals surface area (Å²) in [5.74, 6) is 0.471. The molecule has 8 nitrogen and oxygen atoms in total. The minimum atomic E-state index is -4.36. The van der Waals surface area contributed by atoms with Crippen LogP contribution in [0.4, 0.5) is 24.7 Å². The second kappa shape index (κ2) is 10.7. The number of hydrogen-bond acceptors (Lipinski definition) is 7. The second-order valence-electron chi connectivity index (χ2n) is 7.54. The fraction of sp³-hybridized carbons (Fsp3) is 0.0400. The van der Waals surface area contributed by atoms with Gasteiger partial charge in [-0.25, -0.2) is 9.97 Å². The molecule has 0 aliphatic rings. The lowest BCUT2D eigenvalue weighted by Gasteiger charge is -2.10. The summed E-state index contributed by atoms with van der Waals surface area (Å²) in [5.41, 5.74) is 2.81. The van der Waals surface area contributed by atoms with Crippen molar-refractivity contribution in [2.45, 2.75) is 11.1 Å². The average molecular weight is 526 g/mol.